The molecule has 1 atom stereocenters. The van der Waals surface area contributed by atoms with Crippen LogP contribution in [0.15, 0.2) is 42.6 Å². The molecule has 120 valence electrons. The van der Waals surface area contributed by atoms with Crippen molar-refractivity contribution in [3.05, 3.63) is 53.9 Å². The summed E-state index contributed by atoms with van der Waals surface area (Å²) in [5, 5.41) is 0. The van der Waals surface area contributed by atoms with Gasteiger partial charge in [0.25, 0.3) is 0 Å². The summed E-state index contributed by atoms with van der Waals surface area (Å²) in [6, 6.07) is 11.3. The van der Waals surface area contributed by atoms with Gasteiger partial charge >= 0.3 is 0 Å². The Labute approximate surface area is 134 Å². The minimum atomic E-state index is -0.611. The van der Waals surface area contributed by atoms with Gasteiger partial charge in [-0.05, 0) is 29.8 Å². The van der Waals surface area contributed by atoms with Crippen LogP contribution in [0.1, 0.15) is 23.7 Å². The van der Waals surface area contributed by atoms with E-state index in [0.29, 0.717) is 13.1 Å². The highest BCUT2D eigenvalue weighted by atomic mass is 16.5. The molecule has 2 amide bonds. The van der Waals surface area contributed by atoms with Crippen molar-refractivity contribution < 1.29 is 14.3 Å². The summed E-state index contributed by atoms with van der Waals surface area (Å²) in [7, 11) is 1.61. The first-order chi connectivity index (χ1) is 11.1. The molecular formula is C17H19N3O3. The van der Waals surface area contributed by atoms with Crippen LogP contribution in [0.3, 0.4) is 0 Å². The molecule has 3 rings (SSSR count). The number of hydrogen-bond donors (Lipinski definition) is 1. The van der Waals surface area contributed by atoms with E-state index in [2.05, 4.69) is 4.57 Å². The minimum Gasteiger partial charge on any atom is -0.497 e. The summed E-state index contributed by atoms with van der Waals surface area (Å²) in [6.07, 6.45) is 1.72. The number of hydrogen-bond acceptors (Lipinski definition) is 3. The van der Waals surface area contributed by atoms with Crippen LogP contribution in [0.2, 0.25) is 0 Å². The molecule has 2 N–H and O–H groups in total. The zero-order valence-electron chi connectivity index (χ0n) is 12.9. The minimum absolute atomic E-state index is 0.249. The molecule has 23 heavy (non-hydrogen) atoms. The first-order valence-corrected chi connectivity index (χ1v) is 7.47. The van der Waals surface area contributed by atoms with Crippen LogP contribution in [-0.2, 0) is 16.1 Å². The summed E-state index contributed by atoms with van der Waals surface area (Å²) >= 11 is 0. The molecule has 2 heterocycles. The van der Waals surface area contributed by atoms with Gasteiger partial charge in [-0.2, -0.15) is 0 Å². The van der Waals surface area contributed by atoms with Crippen LogP contribution >= 0.6 is 0 Å². The lowest BCUT2D eigenvalue weighted by Crippen LogP contribution is -2.43. The highest BCUT2D eigenvalue weighted by molar-refractivity contribution is 5.96. The predicted molar refractivity (Wildman–Crippen MR) is 84.8 cm³/mol. The van der Waals surface area contributed by atoms with Crippen molar-refractivity contribution in [3.8, 4) is 5.75 Å². The second kappa shape index (κ2) is 6.16. The molecule has 6 heteroatoms. The standard InChI is InChI=1S/C17H19N3O3/c1-23-13-5-2-4-12(10-13)17-14-6-3-7-19(14)8-9-20(17)16(22)11-15(18)21/h2-7,10,17H,8-9,11H2,1H3,(H2,18,21). The number of ether oxygens (including phenoxy) is 1. The molecule has 0 aliphatic carbocycles. The predicted octanol–water partition coefficient (Wildman–Crippen LogP) is 1.30. The Morgan fingerprint density at radius 3 is 2.83 bits per heavy atom. The van der Waals surface area contributed by atoms with Gasteiger partial charge in [-0.15, -0.1) is 0 Å². The second-order valence-electron chi connectivity index (χ2n) is 5.54. The van der Waals surface area contributed by atoms with Gasteiger partial charge in [-0.1, -0.05) is 12.1 Å². The smallest absolute Gasteiger partial charge is 0.232 e. The van der Waals surface area contributed by atoms with Gasteiger partial charge in [-0.25, -0.2) is 0 Å². The quantitative estimate of drug-likeness (QED) is 0.864. The molecule has 0 fully saturated rings. The molecule has 1 aliphatic heterocycles. The molecule has 0 saturated heterocycles. The van der Waals surface area contributed by atoms with E-state index in [4.69, 9.17) is 10.5 Å². The molecule has 1 aliphatic rings. The number of rotatable bonds is 4. The van der Waals surface area contributed by atoms with Crippen molar-refractivity contribution in [2.45, 2.75) is 19.0 Å². The molecule has 1 aromatic carbocycles. The number of aromatic nitrogens is 1. The van der Waals surface area contributed by atoms with Crippen molar-refractivity contribution >= 4 is 11.8 Å². The number of amides is 2. The van der Waals surface area contributed by atoms with Gasteiger partial charge in [0.1, 0.15) is 12.2 Å². The average Bonchev–Trinajstić information content (AvgIpc) is 3.01. The van der Waals surface area contributed by atoms with Gasteiger partial charge in [0.05, 0.1) is 13.2 Å². The Morgan fingerprint density at radius 2 is 2.09 bits per heavy atom. The number of primary amides is 1. The zero-order valence-corrected chi connectivity index (χ0v) is 12.9. The molecule has 2 aromatic rings. The van der Waals surface area contributed by atoms with Crippen LogP contribution in [0.25, 0.3) is 0 Å². The lowest BCUT2D eigenvalue weighted by Gasteiger charge is -2.37. The SMILES string of the molecule is COc1cccc(C2c3cccn3CCN2C(=O)CC(N)=O)c1. The second-order valence-corrected chi connectivity index (χ2v) is 5.54. The van der Waals surface area contributed by atoms with Gasteiger partial charge in [0.2, 0.25) is 11.8 Å². The van der Waals surface area contributed by atoms with E-state index in [1.165, 1.54) is 0 Å². The van der Waals surface area contributed by atoms with Crippen LogP contribution in [0, 0.1) is 0 Å². The summed E-state index contributed by atoms with van der Waals surface area (Å²) in [5.41, 5.74) is 7.15. The molecule has 0 saturated carbocycles. The van der Waals surface area contributed by atoms with Crippen molar-refractivity contribution in [1.29, 1.82) is 0 Å². The van der Waals surface area contributed by atoms with E-state index < -0.39 is 5.91 Å². The maximum atomic E-state index is 12.5. The molecule has 1 unspecified atom stereocenters. The number of fused-ring (bicyclic) bond motifs is 1. The Balaban J connectivity index is 2.03. The van der Waals surface area contributed by atoms with Crippen LogP contribution in [0.4, 0.5) is 0 Å². The van der Waals surface area contributed by atoms with Crippen molar-refractivity contribution in [1.82, 2.24) is 9.47 Å². The highest BCUT2D eigenvalue weighted by Gasteiger charge is 2.32. The van der Waals surface area contributed by atoms with E-state index in [0.717, 1.165) is 17.0 Å². The maximum absolute atomic E-state index is 12.5. The van der Waals surface area contributed by atoms with Crippen molar-refractivity contribution in [3.63, 3.8) is 0 Å². The number of carbonyl (C=O) groups excluding carboxylic acids is 2. The average molecular weight is 313 g/mol. The van der Waals surface area contributed by atoms with Crippen molar-refractivity contribution in [2.75, 3.05) is 13.7 Å². The zero-order chi connectivity index (χ0) is 16.4. The van der Waals surface area contributed by atoms with Crippen LogP contribution in [0.5, 0.6) is 5.75 Å². The Kier molecular flexibility index (Phi) is 4.06. The van der Waals surface area contributed by atoms with Gasteiger partial charge in [-0.3, -0.25) is 9.59 Å². The summed E-state index contributed by atoms with van der Waals surface area (Å²) in [6.45, 7) is 1.24. The lowest BCUT2D eigenvalue weighted by atomic mass is 9.99. The molecule has 0 spiro atoms. The van der Waals surface area contributed by atoms with E-state index >= 15 is 0 Å². The van der Waals surface area contributed by atoms with E-state index in [9.17, 15) is 9.59 Å². The number of nitrogens with two attached hydrogens (primary N) is 1. The van der Waals surface area contributed by atoms with E-state index in [1.54, 1.807) is 12.0 Å². The first-order valence-electron chi connectivity index (χ1n) is 7.47. The number of methoxy groups -OCH3 is 1. The summed E-state index contributed by atoms with van der Waals surface area (Å²) < 4.78 is 7.41. The Hall–Kier alpha value is -2.76. The van der Waals surface area contributed by atoms with Gasteiger partial charge in [0, 0.05) is 25.0 Å². The van der Waals surface area contributed by atoms with Crippen molar-refractivity contribution in [2.24, 2.45) is 5.73 Å². The van der Waals surface area contributed by atoms with E-state index in [-0.39, 0.29) is 18.4 Å². The third kappa shape index (κ3) is 2.92. The molecule has 1 aromatic heterocycles. The van der Waals surface area contributed by atoms with E-state index in [1.807, 2.05) is 42.6 Å². The van der Waals surface area contributed by atoms with Crippen LogP contribution < -0.4 is 10.5 Å². The maximum Gasteiger partial charge on any atom is 0.232 e. The van der Waals surface area contributed by atoms with Gasteiger partial charge < -0.3 is 19.9 Å². The summed E-state index contributed by atoms with van der Waals surface area (Å²) in [5.74, 6) is -0.133. The first kappa shape index (κ1) is 15.1. The Bertz CT molecular complexity index is 738. The topological polar surface area (TPSA) is 77.6 Å². The highest BCUT2D eigenvalue weighted by Crippen LogP contribution is 2.34. The molecule has 6 nitrogen and oxygen atoms in total. The fourth-order valence-electron chi connectivity index (χ4n) is 3.06. The monoisotopic (exact) mass is 313 g/mol. The fourth-order valence-corrected chi connectivity index (χ4v) is 3.06. The number of nitrogens with zero attached hydrogens (tertiary/aromatic N) is 2. The summed E-state index contributed by atoms with van der Waals surface area (Å²) in [4.78, 5) is 25.3. The normalized spacial score (nSPS) is 16.7. The lowest BCUT2D eigenvalue weighted by molar-refractivity contribution is -0.137. The number of carbonyl (C=O) groups is 2. The Morgan fingerprint density at radius 1 is 1.26 bits per heavy atom. The molecular weight excluding hydrogens is 294 g/mol. The largest absolute Gasteiger partial charge is 0.497 e. The molecule has 0 radical (unpaired) electrons. The third-order valence-electron chi connectivity index (χ3n) is 4.09. The third-order valence-corrected chi connectivity index (χ3v) is 4.09. The number of benzene rings is 1. The fraction of sp³-hybridized carbons (Fsp3) is 0.294. The van der Waals surface area contributed by atoms with Crippen LogP contribution in [-0.4, -0.2) is 34.9 Å². The van der Waals surface area contributed by atoms with Gasteiger partial charge in [0.15, 0.2) is 0 Å². The molecule has 0 bridgehead atoms.